The van der Waals surface area contributed by atoms with Gasteiger partial charge in [-0.25, -0.2) is 0 Å². The number of hydrogen-bond donors (Lipinski definition) is 0. The van der Waals surface area contributed by atoms with Gasteiger partial charge in [0.25, 0.3) is 0 Å². The molecular formula is C144H101N3O3. The third-order valence-corrected chi connectivity index (χ3v) is 30.9. The summed E-state index contributed by atoms with van der Waals surface area (Å²) in [6, 6.07) is 194. The van der Waals surface area contributed by atoms with Gasteiger partial charge in [0.1, 0.15) is 33.5 Å². The molecule has 24 aromatic carbocycles. The smallest absolute Gasteiger partial charge is 0.143 e. The summed E-state index contributed by atoms with van der Waals surface area (Å²) in [4.78, 5) is 7.19. The van der Waals surface area contributed by atoms with Gasteiger partial charge in [0.15, 0.2) is 0 Å². The molecule has 29 rings (SSSR count). The number of para-hydroxylation sites is 3. The Morgan fingerprint density at radius 1 is 0.140 bits per heavy atom. The number of nitrogens with zero attached hydrogens (tertiary/aromatic N) is 3. The molecule has 0 saturated heterocycles. The van der Waals surface area contributed by atoms with Crippen molar-refractivity contribution in [3.63, 3.8) is 0 Å². The number of rotatable bonds is 16. The average Bonchev–Trinajstić information content (AvgIpc) is 1.58. The minimum Gasteiger partial charge on any atom is -0.455 e. The molecule has 0 unspecified atom stereocenters. The van der Waals surface area contributed by atoms with E-state index in [0.717, 1.165) is 150 Å². The standard InChI is InChI=1S/2C49H35NO.C46H31NO/c1-49(2)45-21-10-8-18-40(45)41-28-27-36(31-46(41)49)50(35-25-23-34(24-26-35)39-20-12-16-32-15-6-7-17-38(32)39)37-29-43(33-13-4-3-5-14-33)48-44(30-37)42-19-9-11-22-47(42)51-48;1-49(2)45-18-10-8-16-40(45)41-27-26-38(31-46(41)49)50(37-24-22-33(23-25-37)36-21-20-32-12-6-7-15-35(32)28-36)39-29-43(34-13-4-3-5-14-34)48-44(30-39)42-17-9-11-19-47(42)51-48;1-3-11-32(12-4-1)35-21-25-39(26-22-35)47(40-27-23-36(24-28-40)33-13-5-2-6-14-33)41-30-43(38-20-19-34-15-7-8-16-37(34)29-38)46-44(31-41)42-17-9-10-18-45(42)48-46/h2*3-31H,1-2H3;1-31H. The van der Waals surface area contributed by atoms with Crippen LogP contribution in [-0.2, 0) is 10.8 Å². The van der Waals surface area contributed by atoms with E-state index in [1.54, 1.807) is 0 Å². The van der Waals surface area contributed by atoms with E-state index in [2.05, 4.69) is 564 Å². The van der Waals surface area contributed by atoms with Crippen LogP contribution < -0.4 is 14.7 Å². The van der Waals surface area contributed by atoms with Crippen LogP contribution in [0.25, 0.3) is 198 Å². The van der Waals surface area contributed by atoms with Gasteiger partial charge < -0.3 is 28.0 Å². The Kier molecular flexibility index (Phi) is 22.2. The highest BCUT2D eigenvalue weighted by Gasteiger charge is 2.39. The largest absolute Gasteiger partial charge is 0.455 e. The molecule has 3 aromatic heterocycles. The summed E-state index contributed by atoms with van der Waals surface area (Å²) in [5, 5.41) is 14.1. The van der Waals surface area contributed by atoms with Crippen LogP contribution in [0.1, 0.15) is 49.9 Å². The van der Waals surface area contributed by atoms with Gasteiger partial charge in [0.05, 0.1) is 0 Å². The van der Waals surface area contributed by atoms with Crippen molar-refractivity contribution in [1.29, 1.82) is 0 Å². The SMILES string of the molecule is CC1(C)c2ccccc2-c2ccc(N(c3ccc(-c4ccc5ccccc5c4)cc3)c3cc(-c4ccccc4)c4oc5ccccc5c4c3)cc21.CC1(C)c2ccccc2-c2ccc(N(c3ccc(-c4cccc5ccccc45)cc3)c3cc(-c4ccccc4)c4oc5ccccc5c4c3)cc21.c1ccc(-c2ccc(N(c3ccc(-c4ccccc4)cc3)c3cc(-c4ccc5ccccc5c4)c4oc5ccccc5c4c3)cc2)cc1. The number of hydrogen-bond acceptors (Lipinski definition) is 6. The zero-order valence-electron chi connectivity index (χ0n) is 83.5. The lowest BCUT2D eigenvalue weighted by Gasteiger charge is -2.29. The van der Waals surface area contributed by atoms with Crippen LogP contribution in [0.5, 0.6) is 0 Å². The Balaban J connectivity index is 0.000000111. The Hall–Kier alpha value is -19.1. The van der Waals surface area contributed by atoms with Gasteiger partial charge in [-0.2, -0.15) is 0 Å². The molecule has 0 bridgehead atoms. The van der Waals surface area contributed by atoms with Crippen LogP contribution in [0, 0.1) is 0 Å². The molecular weight excluding hydrogens is 1820 g/mol. The van der Waals surface area contributed by atoms with E-state index in [9.17, 15) is 0 Å². The van der Waals surface area contributed by atoms with E-state index in [1.165, 1.54) is 121 Å². The topological polar surface area (TPSA) is 49.1 Å². The number of furan rings is 3. The van der Waals surface area contributed by atoms with Crippen molar-refractivity contribution in [3.05, 3.63) is 562 Å². The summed E-state index contributed by atoms with van der Waals surface area (Å²) >= 11 is 0. The molecule has 2 aliphatic rings. The van der Waals surface area contributed by atoms with Gasteiger partial charge in [0.2, 0.25) is 0 Å². The highest BCUT2D eigenvalue weighted by Crippen LogP contribution is 2.56. The predicted octanol–water partition coefficient (Wildman–Crippen LogP) is 40.9. The molecule has 710 valence electrons. The first-order chi connectivity index (χ1) is 73.8. The number of benzene rings is 24. The minimum atomic E-state index is -0.119. The zero-order chi connectivity index (χ0) is 100. The quantitative estimate of drug-likeness (QED) is 0.0961. The first-order valence-corrected chi connectivity index (χ1v) is 51.7. The molecule has 6 nitrogen and oxygen atoms in total. The molecule has 6 heteroatoms. The Labute approximate surface area is 871 Å². The van der Waals surface area contributed by atoms with Crippen molar-refractivity contribution in [2.24, 2.45) is 0 Å². The minimum absolute atomic E-state index is 0.118. The lowest BCUT2D eigenvalue weighted by molar-refractivity contribution is 0.660. The van der Waals surface area contributed by atoms with Crippen molar-refractivity contribution < 1.29 is 13.3 Å². The second kappa shape index (κ2) is 37.2. The second-order valence-electron chi connectivity index (χ2n) is 40.5. The molecule has 27 aromatic rings. The van der Waals surface area contributed by atoms with Crippen LogP contribution in [0.15, 0.2) is 553 Å². The summed E-state index contributed by atoms with van der Waals surface area (Å²) in [5.74, 6) is 0. The molecule has 3 heterocycles. The number of anilines is 9. The summed E-state index contributed by atoms with van der Waals surface area (Å²) in [5.41, 5.74) is 41.9. The summed E-state index contributed by atoms with van der Waals surface area (Å²) in [6.07, 6.45) is 0. The van der Waals surface area contributed by atoms with Gasteiger partial charge in [-0.3, -0.25) is 0 Å². The lowest BCUT2D eigenvalue weighted by Crippen LogP contribution is -2.16. The Morgan fingerprint density at radius 3 is 0.820 bits per heavy atom. The van der Waals surface area contributed by atoms with Crippen LogP contribution in [0.3, 0.4) is 0 Å². The Bertz CT molecular complexity index is 9780. The molecule has 0 N–H and O–H groups in total. The third kappa shape index (κ3) is 16.0. The van der Waals surface area contributed by atoms with Crippen LogP contribution in [0.4, 0.5) is 51.2 Å². The molecule has 0 aliphatic heterocycles. The Morgan fingerprint density at radius 2 is 0.407 bits per heavy atom. The molecule has 0 fully saturated rings. The van der Waals surface area contributed by atoms with Crippen LogP contribution in [-0.4, -0.2) is 0 Å². The zero-order valence-corrected chi connectivity index (χ0v) is 83.5. The predicted molar refractivity (Wildman–Crippen MR) is 631 cm³/mol. The lowest BCUT2D eigenvalue weighted by atomic mass is 9.82. The molecule has 0 saturated carbocycles. The summed E-state index contributed by atoms with van der Waals surface area (Å²) in [7, 11) is 0. The van der Waals surface area contributed by atoms with E-state index in [1.807, 2.05) is 18.2 Å². The van der Waals surface area contributed by atoms with Crippen LogP contribution >= 0.6 is 0 Å². The maximum absolute atomic E-state index is 6.61. The molecule has 150 heavy (non-hydrogen) atoms. The van der Waals surface area contributed by atoms with E-state index in [4.69, 9.17) is 13.3 Å². The molecule has 0 radical (unpaired) electrons. The van der Waals surface area contributed by atoms with Crippen molar-refractivity contribution in [2.75, 3.05) is 14.7 Å². The highest BCUT2D eigenvalue weighted by molar-refractivity contribution is 6.16. The van der Waals surface area contributed by atoms with Gasteiger partial charge in [-0.1, -0.05) is 428 Å². The van der Waals surface area contributed by atoms with Gasteiger partial charge >= 0.3 is 0 Å². The fourth-order valence-electron chi connectivity index (χ4n) is 23.4. The monoisotopic (exact) mass is 1920 g/mol. The molecule has 0 amide bonds. The first-order valence-electron chi connectivity index (χ1n) is 51.7. The normalized spacial score (nSPS) is 12.5. The van der Waals surface area contributed by atoms with Crippen LogP contribution in [0.2, 0.25) is 0 Å². The maximum Gasteiger partial charge on any atom is 0.143 e. The molecule has 0 atom stereocenters. The molecule has 2 aliphatic carbocycles. The van der Waals surface area contributed by atoms with Gasteiger partial charge in [0, 0.05) is 111 Å². The van der Waals surface area contributed by atoms with Gasteiger partial charge in [-0.05, 0) is 278 Å². The van der Waals surface area contributed by atoms with Crippen molar-refractivity contribution in [1.82, 2.24) is 0 Å². The van der Waals surface area contributed by atoms with Gasteiger partial charge in [-0.15, -0.1) is 0 Å². The highest BCUT2D eigenvalue weighted by atomic mass is 16.3. The molecule has 0 spiro atoms. The summed E-state index contributed by atoms with van der Waals surface area (Å²) in [6.45, 7) is 9.40. The summed E-state index contributed by atoms with van der Waals surface area (Å²) < 4.78 is 19.8. The van der Waals surface area contributed by atoms with Crippen molar-refractivity contribution in [3.8, 4) is 100 Å². The second-order valence-corrected chi connectivity index (χ2v) is 40.5. The fraction of sp³-hybridized carbons (Fsp3) is 0.0417. The van der Waals surface area contributed by atoms with E-state index in [0.29, 0.717) is 0 Å². The first kappa shape index (κ1) is 89.7. The maximum atomic E-state index is 6.61. The van der Waals surface area contributed by atoms with E-state index in [-0.39, 0.29) is 10.8 Å². The third-order valence-electron chi connectivity index (χ3n) is 30.9. The average molecular weight is 1920 g/mol. The fourth-order valence-corrected chi connectivity index (χ4v) is 23.4. The number of fused-ring (bicyclic) bond motifs is 18. The van der Waals surface area contributed by atoms with E-state index >= 15 is 0 Å². The van der Waals surface area contributed by atoms with Crippen molar-refractivity contribution >= 4 is 149 Å². The van der Waals surface area contributed by atoms with Crippen molar-refractivity contribution in [2.45, 2.75) is 38.5 Å². The van der Waals surface area contributed by atoms with E-state index < -0.39 is 0 Å².